The molecule has 2 aromatic rings. The summed E-state index contributed by atoms with van der Waals surface area (Å²) in [4.78, 5) is 24.1. The predicted octanol–water partition coefficient (Wildman–Crippen LogP) is 3.04. The van der Waals surface area contributed by atoms with Gasteiger partial charge in [-0.3, -0.25) is 9.59 Å². The second-order valence-corrected chi connectivity index (χ2v) is 6.22. The van der Waals surface area contributed by atoms with Gasteiger partial charge in [-0.15, -0.1) is 0 Å². The summed E-state index contributed by atoms with van der Waals surface area (Å²) in [6.07, 6.45) is 2.65. The van der Waals surface area contributed by atoms with Gasteiger partial charge in [-0.2, -0.15) is 0 Å². The summed E-state index contributed by atoms with van der Waals surface area (Å²) in [5.41, 5.74) is 0.982. The van der Waals surface area contributed by atoms with Crippen LogP contribution in [0.25, 0.3) is 0 Å². The molecular weight excluding hydrogens is 326 g/mol. The van der Waals surface area contributed by atoms with Gasteiger partial charge in [0.25, 0.3) is 0 Å². The van der Waals surface area contributed by atoms with Crippen LogP contribution < -0.4 is 10.6 Å². The SMILES string of the molecule is O=C(Nc1cc(F)cc(F)c1)C(=O)N[C@H](Cc1ccccc1)C1CC1. The Morgan fingerprint density at radius 3 is 2.24 bits per heavy atom. The molecule has 0 radical (unpaired) electrons. The smallest absolute Gasteiger partial charge is 0.313 e. The van der Waals surface area contributed by atoms with Crippen molar-refractivity contribution in [2.24, 2.45) is 5.92 Å². The van der Waals surface area contributed by atoms with Gasteiger partial charge in [0.1, 0.15) is 11.6 Å². The first-order valence-corrected chi connectivity index (χ1v) is 8.13. The molecule has 1 atom stereocenters. The first-order valence-electron chi connectivity index (χ1n) is 8.13. The molecule has 1 fully saturated rings. The van der Waals surface area contributed by atoms with Crippen LogP contribution in [0.3, 0.4) is 0 Å². The van der Waals surface area contributed by atoms with Crippen molar-refractivity contribution in [1.29, 1.82) is 0 Å². The molecule has 0 aliphatic heterocycles. The van der Waals surface area contributed by atoms with Gasteiger partial charge in [0.15, 0.2) is 0 Å². The molecule has 0 heterocycles. The zero-order chi connectivity index (χ0) is 17.8. The van der Waals surface area contributed by atoms with Crippen LogP contribution in [0, 0.1) is 17.6 Å². The second kappa shape index (κ2) is 7.42. The number of hydrogen-bond acceptors (Lipinski definition) is 2. The third kappa shape index (κ3) is 4.86. The van der Waals surface area contributed by atoms with Crippen LogP contribution in [-0.2, 0) is 16.0 Å². The van der Waals surface area contributed by atoms with Gasteiger partial charge in [0, 0.05) is 17.8 Å². The number of halogens is 2. The number of carbonyl (C=O) groups is 2. The lowest BCUT2D eigenvalue weighted by molar-refractivity contribution is -0.136. The van der Waals surface area contributed by atoms with Crippen molar-refractivity contribution in [3.05, 3.63) is 65.7 Å². The maximum atomic E-state index is 13.2. The average Bonchev–Trinajstić information content (AvgIpc) is 3.39. The van der Waals surface area contributed by atoms with Gasteiger partial charge in [-0.05, 0) is 42.9 Å². The number of rotatable bonds is 5. The summed E-state index contributed by atoms with van der Waals surface area (Å²) in [7, 11) is 0. The lowest BCUT2D eigenvalue weighted by atomic mass is 10.0. The Morgan fingerprint density at radius 2 is 1.64 bits per heavy atom. The molecule has 2 N–H and O–H groups in total. The minimum absolute atomic E-state index is 0.0938. The summed E-state index contributed by atoms with van der Waals surface area (Å²) in [6.45, 7) is 0. The predicted molar refractivity (Wildman–Crippen MR) is 89.8 cm³/mol. The number of benzene rings is 2. The summed E-state index contributed by atoms with van der Waals surface area (Å²) >= 11 is 0. The molecule has 1 aliphatic rings. The Morgan fingerprint density at radius 1 is 1.00 bits per heavy atom. The van der Waals surface area contributed by atoms with E-state index in [1.165, 1.54) is 0 Å². The molecule has 1 aliphatic carbocycles. The van der Waals surface area contributed by atoms with Crippen molar-refractivity contribution in [3.63, 3.8) is 0 Å². The highest BCUT2D eigenvalue weighted by Gasteiger charge is 2.33. The molecule has 25 heavy (non-hydrogen) atoms. The van der Waals surface area contributed by atoms with Crippen molar-refractivity contribution >= 4 is 17.5 Å². The van der Waals surface area contributed by atoms with E-state index in [0.717, 1.165) is 30.5 Å². The van der Waals surface area contributed by atoms with E-state index in [2.05, 4.69) is 10.6 Å². The summed E-state index contributed by atoms with van der Waals surface area (Å²) in [6, 6.07) is 12.2. The first-order chi connectivity index (χ1) is 12.0. The van der Waals surface area contributed by atoms with E-state index in [0.29, 0.717) is 18.4 Å². The van der Waals surface area contributed by atoms with E-state index in [1.807, 2.05) is 30.3 Å². The number of carbonyl (C=O) groups excluding carboxylic acids is 2. The maximum Gasteiger partial charge on any atom is 0.313 e. The van der Waals surface area contributed by atoms with Crippen LogP contribution >= 0.6 is 0 Å². The van der Waals surface area contributed by atoms with Crippen LogP contribution in [0.4, 0.5) is 14.5 Å². The van der Waals surface area contributed by atoms with Crippen molar-refractivity contribution in [1.82, 2.24) is 5.32 Å². The topological polar surface area (TPSA) is 58.2 Å². The fraction of sp³-hybridized carbons (Fsp3) is 0.263. The first kappa shape index (κ1) is 17.1. The third-order valence-corrected chi connectivity index (χ3v) is 4.13. The second-order valence-electron chi connectivity index (χ2n) is 6.22. The van der Waals surface area contributed by atoms with E-state index in [4.69, 9.17) is 0 Å². The van der Waals surface area contributed by atoms with Gasteiger partial charge >= 0.3 is 11.8 Å². The highest BCUT2D eigenvalue weighted by Crippen LogP contribution is 2.34. The number of anilines is 1. The summed E-state index contributed by atoms with van der Waals surface area (Å²) in [5, 5.41) is 4.96. The molecule has 6 heteroatoms. The molecule has 2 aromatic carbocycles. The maximum absolute atomic E-state index is 13.2. The van der Waals surface area contributed by atoms with Crippen LogP contribution in [0.2, 0.25) is 0 Å². The highest BCUT2D eigenvalue weighted by molar-refractivity contribution is 6.39. The molecule has 130 valence electrons. The van der Waals surface area contributed by atoms with Gasteiger partial charge in [0.05, 0.1) is 0 Å². The van der Waals surface area contributed by atoms with Crippen LogP contribution in [0.15, 0.2) is 48.5 Å². The number of hydrogen-bond donors (Lipinski definition) is 2. The normalized spacial score (nSPS) is 14.6. The van der Waals surface area contributed by atoms with E-state index >= 15 is 0 Å². The Bertz CT molecular complexity index is 756. The van der Waals surface area contributed by atoms with Crippen molar-refractivity contribution < 1.29 is 18.4 Å². The van der Waals surface area contributed by atoms with Crippen molar-refractivity contribution in [3.8, 4) is 0 Å². The van der Waals surface area contributed by atoms with Crippen molar-refractivity contribution in [2.45, 2.75) is 25.3 Å². The van der Waals surface area contributed by atoms with E-state index in [-0.39, 0.29) is 11.7 Å². The Labute approximate surface area is 144 Å². The lowest BCUT2D eigenvalue weighted by Gasteiger charge is -2.18. The minimum Gasteiger partial charge on any atom is -0.344 e. The molecule has 0 spiro atoms. The zero-order valence-electron chi connectivity index (χ0n) is 13.5. The largest absolute Gasteiger partial charge is 0.344 e. The molecule has 2 amide bonds. The summed E-state index contributed by atoms with van der Waals surface area (Å²) < 4.78 is 26.3. The fourth-order valence-corrected chi connectivity index (χ4v) is 2.75. The van der Waals surface area contributed by atoms with E-state index in [1.54, 1.807) is 0 Å². The molecule has 3 rings (SSSR count). The van der Waals surface area contributed by atoms with Crippen LogP contribution in [-0.4, -0.2) is 17.9 Å². The monoisotopic (exact) mass is 344 g/mol. The molecule has 0 bridgehead atoms. The van der Waals surface area contributed by atoms with Gasteiger partial charge in [-0.1, -0.05) is 30.3 Å². The zero-order valence-corrected chi connectivity index (χ0v) is 13.5. The fourth-order valence-electron chi connectivity index (χ4n) is 2.75. The molecule has 4 nitrogen and oxygen atoms in total. The molecule has 0 saturated heterocycles. The Balaban J connectivity index is 1.61. The minimum atomic E-state index is -0.941. The Hall–Kier alpha value is -2.76. The van der Waals surface area contributed by atoms with Gasteiger partial charge in [-0.25, -0.2) is 8.78 Å². The van der Waals surface area contributed by atoms with Gasteiger partial charge in [0.2, 0.25) is 0 Å². The van der Waals surface area contributed by atoms with E-state index in [9.17, 15) is 18.4 Å². The van der Waals surface area contributed by atoms with E-state index < -0.39 is 23.4 Å². The van der Waals surface area contributed by atoms with Crippen LogP contribution in [0.5, 0.6) is 0 Å². The Kier molecular flexibility index (Phi) is 5.07. The quantitative estimate of drug-likeness (QED) is 0.819. The van der Waals surface area contributed by atoms with Crippen LogP contribution in [0.1, 0.15) is 18.4 Å². The summed E-state index contributed by atoms with van der Waals surface area (Å²) in [5.74, 6) is -3.05. The molecule has 0 aromatic heterocycles. The number of amides is 2. The number of nitrogens with one attached hydrogen (secondary N) is 2. The average molecular weight is 344 g/mol. The highest BCUT2D eigenvalue weighted by atomic mass is 19.1. The molecular formula is C19H18F2N2O2. The lowest BCUT2D eigenvalue weighted by Crippen LogP contribution is -2.44. The molecule has 0 unspecified atom stereocenters. The standard InChI is InChI=1S/C19H18F2N2O2/c20-14-9-15(21)11-16(10-14)22-18(24)19(25)23-17(13-6-7-13)8-12-4-2-1-3-5-12/h1-5,9-11,13,17H,6-8H2,(H,22,24)(H,23,25)/t17-/m1/s1. The van der Waals surface area contributed by atoms with Crippen molar-refractivity contribution in [2.75, 3.05) is 5.32 Å². The van der Waals surface area contributed by atoms with Gasteiger partial charge < -0.3 is 10.6 Å². The molecule has 1 saturated carbocycles. The third-order valence-electron chi connectivity index (χ3n) is 4.13.